The molecule has 0 spiro atoms. The largest absolute Gasteiger partial charge is 0.511 e. The summed E-state index contributed by atoms with van der Waals surface area (Å²) in [5.41, 5.74) is 3.14. The fourth-order valence-electron chi connectivity index (χ4n) is 4.04. The number of fused-ring (bicyclic) bond motifs is 2. The number of aliphatic hydroxyl groups is 1. The van der Waals surface area contributed by atoms with Crippen molar-refractivity contribution in [2.45, 2.75) is 26.2 Å². The summed E-state index contributed by atoms with van der Waals surface area (Å²) < 4.78 is 14.4. The summed E-state index contributed by atoms with van der Waals surface area (Å²) in [5, 5.41) is 11.2. The molecule has 0 heterocycles. The van der Waals surface area contributed by atoms with Crippen LogP contribution in [0, 0.1) is 17.7 Å². The number of halogens is 2. The molecule has 3 aliphatic rings. The van der Waals surface area contributed by atoms with Crippen LogP contribution in [0.4, 0.5) is 4.39 Å². The molecule has 0 saturated heterocycles. The average Bonchev–Trinajstić information content (AvgIpc) is 2.86. The Bertz CT molecular complexity index is 990. The van der Waals surface area contributed by atoms with Crippen molar-refractivity contribution >= 4 is 23.0 Å². The lowest BCUT2D eigenvalue weighted by Crippen LogP contribution is -2.14. The second-order valence-corrected chi connectivity index (χ2v) is 7.59. The van der Waals surface area contributed by atoms with Gasteiger partial charge in [-0.1, -0.05) is 42.8 Å². The van der Waals surface area contributed by atoms with Gasteiger partial charge in [0.15, 0.2) is 5.78 Å². The maximum Gasteiger partial charge on any atom is 0.173 e. The number of carbonyl (C=O) groups excluding carboxylic acids is 1. The first kappa shape index (κ1) is 18.0. The molecule has 0 saturated carbocycles. The molecule has 0 aromatic heterocycles. The van der Waals surface area contributed by atoms with Crippen LogP contribution >= 0.6 is 11.6 Å². The highest BCUT2D eigenvalue weighted by Crippen LogP contribution is 2.41. The molecule has 3 aliphatic carbocycles. The zero-order valence-corrected chi connectivity index (χ0v) is 15.8. The normalized spacial score (nSPS) is 21.7. The number of hydrogen-bond donors (Lipinski definition) is 1. The van der Waals surface area contributed by atoms with Crippen LogP contribution in [0.2, 0.25) is 5.02 Å². The second kappa shape index (κ2) is 6.97. The second-order valence-electron chi connectivity index (χ2n) is 7.15. The van der Waals surface area contributed by atoms with Gasteiger partial charge in [0.1, 0.15) is 11.6 Å². The molecule has 27 heavy (non-hydrogen) atoms. The maximum absolute atomic E-state index is 14.4. The number of benzene rings is 2. The minimum absolute atomic E-state index is 0.0489. The van der Waals surface area contributed by atoms with Gasteiger partial charge in [-0.3, -0.25) is 4.79 Å². The molecular weight excluding hydrogens is 363 g/mol. The van der Waals surface area contributed by atoms with Gasteiger partial charge in [0.05, 0.1) is 5.57 Å². The Labute approximate surface area is 163 Å². The fraction of sp³-hybridized carbons (Fsp3) is 0.261. The predicted octanol–water partition coefficient (Wildman–Crippen LogP) is 6.14. The molecule has 138 valence electrons. The van der Waals surface area contributed by atoms with E-state index in [-0.39, 0.29) is 23.4 Å². The highest BCUT2D eigenvalue weighted by Gasteiger charge is 2.35. The van der Waals surface area contributed by atoms with E-state index in [1.54, 1.807) is 12.1 Å². The Kier molecular flexibility index (Phi) is 4.65. The summed E-state index contributed by atoms with van der Waals surface area (Å²) in [4.78, 5) is 13.1. The molecule has 5 rings (SSSR count). The number of Topliss-reactive ketones (excluding diaryl/α,β-unsaturated/α-hetero) is 1. The maximum atomic E-state index is 14.4. The van der Waals surface area contributed by atoms with Crippen LogP contribution in [-0.4, -0.2) is 10.9 Å². The van der Waals surface area contributed by atoms with E-state index in [1.165, 1.54) is 6.07 Å². The lowest BCUT2D eigenvalue weighted by molar-refractivity contribution is -0.116. The van der Waals surface area contributed by atoms with E-state index in [0.29, 0.717) is 33.7 Å². The van der Waals surface area contributed by atoms with Crippen molar-refractivity contribution in [2.24, 2.45) is 11.8 Å². The number of aryl methyl sites for hydroxylation is 1. The van der Waals surface area contributed by atoms with Crippen molar-refractivity contribution in [1.29, 1.82) is 0 Å². The molecule has 1 N–H and O–H groups in total. The summed E-state index contributed by atoms with van der Waals surface area (Å²) in [5.74, 6) is -0.637. The molecule has 2 atom stereocenters. The lowest BCUT2D eigenvalue weighted by atomic mass is 9.87. The van der Waals surface area contributed by atoms with Crippen molar-refractivity contribution in [3.05, 3.63) is 76.3 Å². The predicted molar refractivity (Wildman–Crippen MR) is 106 cm³/mol. The highest BCUT2D eigenvalue weighted by molar-refractivity contribution is 6.30. The van der Waals surface area contributed by atoms with Gasteiger partial charge in [0, 0.05) is 22.4 Å². The number of ketones is 1. The quantitative estimate of drug-likeness (QED) is 0.647. The Balaban J connectivity index is 1.90. The van der Waals surface area contributed by atoms with Crippen LogP contribution in [-0.2, 0) is 11.2 Å². The minimum Gasteiger partial charge on any atom is -0.511 e. The van der Waals surface area contributed by atoms with Crippen molar-refractivity contribution < 1.29 is 14.3 Å². The Morgan fingerprint density at radius 1 is 1.07 bits per heavy atom. The number of hydrogen-bond acceptors (Lipinski definition) is 2. The van der Waals surface area contributed by atoms with E-state index in [1.807, 2.05) is 37.3 Å². The van der Waals surface area contributed by atoms with Crippen molar-refractivity contribution in [3.63, 3.8) is 0 Å². The van der Waals surface area contributed by atoms with Gasteiger partial charge in [-0.15, -0.1) is 0 Å². The van der Waals surface area contributed by atoms with Gasteiger partial charge in [0.25, 0.3) is 0 Å². The SMILES string of the molecule is CCc1ccc(-c2ccc(Cl)cc2F)cc1C1=C(O)C2C=C[C@@H](CC2)C1=O. The molecule has 2 aromatic rings. The van der Waals surface area contributed by atoms with Gasteiger partial charge in [-0.2, -0.15) is 0 Å². The lowest BCUT2D eigenvalue weighted by Gasteiger charge is -2.16. The highest BCUT2D eigenvalue weighted by atomic mass is 35.5. The number of aliphatic hydroxyl groups excluding tert-OH is 1. The molecule has 4 heteroatoms. The molecule has 0 amide bonds. The molecular formula is C23H20ClFO2. The van der Waals surface area contributed by atoms with E-state index in [9.17, 15) is 14.3 Å². The van der Waals surface area contributed by atoms with Crippen molar-refractivity contribution in [1.82, 2.24) is 0 Å². The molecule has 2 aromatic carbocycles. The Morgan fingerprint density at radius 3 is 2.48 bits per heavy atom. The van der Waals surface area contributed by atoms with Gasteiger partial charge < -0.3 is 5.11 Å². The van der Waals surface area contributed by atoms with E-state index in [2.05, 4.69) is 0 Å². The summed E-state index contributed by atoms with van der Waals surface area (Å²) >= 11 is 5.87. The number of carbonyl (C=O) groups is 1. The zero-order chi connectivity index (χ0) is 19.1. The number of allylic oxidation sites excluding steroid dienone is 3. The van der Waals surface area contributed by atoms with Gasteiger partial charge in [0.2, 0.25) is 0 Å². The average molecular weight is 383 g/mol. The molecule has 1 unspecified atom stereocenters. The van der Waals surface area contributed by atoms with E-state index in [4.69, 9.17) is 11.6 Å². The molecule has 2 nitrogen and oxygen atoms in total. The third-order valence-electron chi connectivity index (χ3n) is 5.56. The van der Waals surface area contributed by atoms with Gasteiger partial charge in [-0.05, 0) is 60.2 Å². The van der Waals surface area contributed by atoms with Crippen molar-refractivity contribution in [2.75, 3.05) is 0 Å². The first-order valence-electron chi connectivity index (χ1n) is 9.24. The van der Waals surface area contributed by atoms with E-state index in [0.717, 1.165) is 18.4 Å². The van der Waals surface area contributed by atoms with Crippen LogP contribution < -0.4 is 0 Å². The molecule has 2 bridgehead atoms. The number of rotatable bonds is 3. The smallest absolute Gasteiger partial charge is 0.173 e. The van der Waals surface area contributed by atoms with Crippen LogP contribution in [0.1, 0.15) is 30.9 Å². The Morgan fingerprint density at radius 2 is 1.81 bits per heavy atom. The van der Waals surface area contributed by atoms with E-state index >= 15 is 0 Å². The van der Waals surface area contributed by atoms with Gasteiger partial charge >= 0.3 is 0 Å². The third kappa shape index (κ3) is 3.10. The molecule has 0 fully saturated rings. The molecule has 0 radical (unpaired) electrons. The van der Waals surface area contributed by atoms with E-state index < -0.39 is 5.82 Å². The summed E-state index contributed by atoms with van der Waals surface area (Å²) in [6, 6.07) is 10.1. The minimum atomic E-state index is -0.412. The van der Waals surface area contributed by atoms with Crippen LogP contribution in [0.25, 0.3) is 16.7 Å². The van der Waals surface area contributed by atoms with Crippen molar-refractivity contribution in [3.8, 4) is 11.1 Å². The summed E-state index contributed by atoms with van der Waals surface area (Å²) in [6.45, 7) is 2.01. The third-order valence-corrected chi connectivity index (χ3v) is 5.79. The monoisotopic (exact) mass is 382 g/mol. The first-order chi connectivity index (χ1) is 13.0. The fourth-order valence-corrected chi connectivity index (χ4v) is 4.20. The first-order valence-corrected chi connectivity index (χ1v) is 9.61. The zero-order valence-electron chi connectivity index (χ0n) is 15.0. The van der Waals surface area contributed by atoms with Crippen LogP contribution in [0.3, 0.4) is 0 Å². The molecule has 0 aliphatic heterocycles. The van der Waals surface area contributed by atoms with Crippen LogP contribution in [0.5, 0.6) is 0 Å². The van der Waals surface area contributed by atoms with Crippen LogP contribution in [0.15, 0.2) is 54.3 Å². The van der Waals surface area contributed by atoms with Gasteiger partial charge in [-0.25, -0.2) is 4.39 Å². The Hall–Kier alpha value is -2.39. The summed E-state index contributed by atoms with van der Waals surface area (Å²) in [7, 11) is 0. The summed E-state index contributed by atoms with van der Waals surface area (Å²) in [6.07, 6.45) is 6.08. The topological polar surface area (TPSA) is 37.3 Å². The standard InChI is InChI=1S/C23H20ClFO2/c1-2-13-3-8-16(18-10-9-17(24)12-20(18)25)11-19(13)21-22(26)14-4-5-15(7-6-14)23(21)27/h3-5,8-12,14-15,26H,2,6-7H2,1H3/t14?,15-/m0/s1.